The third-order valence-electron chi connectivity index (χ3n) is 3.96. The molecule has 0 aliphatic carbocycles. The lowest BCUT2D eigenvalue weighted by molar-refractivity contribution is 0.238. The van der Waals surface area contributed by atoms with Crippen molar-refractivity contribution in [3.05, 3.63) is 52.1 Å². The molecule has 0 aromatic carbocycles. The number of hydrogen-bond acceptors (Lipinski definition) is 4. The minimum Gasteiger partial charge on any atom is -0.294 e. The third kappa shape index (κ3) is 3.67. The Morgan fingerprint density at radius 2 is 2.04 bits per heavy atom. The molecule has 6 heteroatoms. The van der Waals surface area contributed by atoms with Crippen molar-refractivity contribution in [1.82, 2.24) is 19.9 Å². The second-order valence-corrected chi connectivity index (χ2v) is 7.42. The van der Waals surface area contributed by atoms with Crippen molar-refractivity contribution in [3.8, 4) is 0 Å². The number of nitrogens with zero attached hydrogens (tertiary/aromatic N) is 4. The lowest BCUT2D eigenvalue weighted by Crippen LogP contribution is -2.32. The summed E-state index contributed by atoms with van der Waals surface area (Å²) in [5.74, 6) is 0.411. The third-order valence-corrected chi connectivity index (χ3v) is 4.16. The summed E-state index contributed by atoms with van der Waals surface area (Å²) < 4.78 is 13.8. The molecule has 0 amide bonds. The maximum atomic E-state index is 13.8. The summed E-state index contributed by atoms with van der Waals surface area (Å²) in [7, 11) is 0. The molecule has 0 saturated heterocycles. The summed E-state index contributed by atoms with van der Waals surface area (Å²) in [5.41, 5.74) is 2.68. The minimum absolute atomic E-state index is 0.0538. The van der Waals surface area contributed by atoms with Crippen LogP contribution < -0.4 is 0 Å². The van der Waals surface area contributed by atoms with Crippen LogP contribution in [0, 0.1) is 5.95 Å². The first kappa shape index (κ1) is 16.3. The molecule has 2 aromatic rings. The summed E-state index contributed by atoms with van der Waals surface area (Å²) in [4.78, 5) is 15.0. The molecule has 0 atom stereocenters. The molecule has 0 radical (unpaired) electrons. The van der Waals surface area contributed by atoms with Crippen LogP contribution >= 0.6 is 11.6 Å². The molecule has 0 unspecified atom stereocenters. The van der Waals surface area contributed by atoms with Crippen molar-refractivity contribution in [1.29, 1.82) is 0 Å². The van der Waals surface area contributed by atoms with Gasteiger partial charge in [0, 0.05) is 60.7 Å². The van der Waals surface area contributed by atoms with Crippen LogP contribution in [0.25, 0.3) is 0 Å². The van der Waals surface area contributed by atoms with E-state index in [1.807, 2.05) is 6.20 Å². The highest BCUT2D eigenvalue weighted by atomic mass is 35.5. The van der Waals surface area contributed by atoms with Gasteiger partial charge in [-0.25, -0.2) is 15.0 Å². The fraction of sp³-hybridized carbons (Fsp3) is 0.471. The summed E-state index contributed by atoms with van der Waals surface area (Å²) in [5, 5.41) is 0.456. The van der Waals surface area contributed by atoms with Crippen LogP contribution in [0.15, 0.2) is 18.5 Å². The molecule has 0 bridgehead atoms. The average Bonchev–Trinajstić information content (AvgIpc) is 2.49. The topological polar surface area (TPSA) is 41.9 Å². The van der Waals surface area contributed by atoms with Crippen LogP contribution in [0.1, 0.15) is 43.4 Å². The lowest BCUT2D eigenvalue weighted by Gasteiger charge is -2.29. The highest BCUT2D eigenvalue weighted by Gasteiger charge is 2.23. The summed E-state index contributed by atoms with van der Waals surface area (Å²) in [6.07, 6.45) is 4.08. The molecule has 4 nitrogen and oxygen atoms in total. The second-order valence-electron chi connectivity index (χ2n) is 6.98. The van der Waals surface area contributed by atoms with E-state index in [9.17, 15) is 4.39 Å². The largest absolute Gasteiger partial charge is 0.294 e. The Hall–Kier alpha value is -1.59. The summed E-state index contributed by atoms with van der Waals surface area (Å²) in [6, 6.07) is 1.64. The van der Waals surface area contributed by atoms with E-state index in [4.69, 9.17) is 16.6 Å². The fourth-order valence-electron chi connectivity index (χ4n) is 2.69. The number of aromatic nitrogens is 3. The first-order valence-corrected chi connectivity index (χ1v) is 8.08. The highest BCUT2D eigenvalue weighted by Crippen LogP contribution is 2.24. The standard InChI is InChI=1S/C17H20ClFN4/c1-17(2,3)16-21-7-12-10-23(5-4-14(12)22-16)9-11-6-13(18)8-20-15(11)19/h6-8H,4-5,9-10H2,1-3H3. The average molecular weight is 335 g/mol. The van der Waals surface area contributed by atoms with Crippen LogP contribution in [-0.4, -0.2) is 26.4 Å². The van der Waals surface area contributed by atoms with E-state index in [-0.39, 0.29) is 5.41 Å². The molecular weight excluding hydrogens is 315 g/mol. The van der Waals surface area contributed by atoms with Gasteiger partial charge in [-0.15, -0.1) is 0 Å². The van der Waals surface area contributed by atoms with E-state index in [0.717, 1.165) is 30.0 Å². The van der Waals surface area contributed by atoms with Gasteiger partial charge in [-0.1, -0.05) is 32.4 Å². The van der Waals surface area contributed by atoms with Crippen LogP contribution in [0.2, 0.25) is 5.02 Å². The van der Waals surface area contributed by atoms with Crippen molar-refractivity contribution in [3.63, 3.8) is 0 Å². The van der Waals surface area contributed by atoms with Crippen LogP contribution in [0.5, 0.6) is 0 Å². The Bertz CT molecular complexity index is 727. The Balaban J connectivity index is 1.77. The first-order chi connectivity index (χ1) is 10.8. The molecule has 1 aliphatic heterocycles. The van der Waals surface area contributed by atoms with Gasteiger partial charge < -0.3 is 0 Å². The van der Waals surface area contributed by atoms with Crippen LogP contribution in [-0.2, 0) is 24.9 Å². The maximum absolute atomic E-state index is 13.8. The van der Waals surface area contributed by atoms with Crippen molar-refractivity contribution in [2.45, 2.75) is 45.7 Å². The quantitative estimate of drug-likeness (QED) is 0.788. The molecule has 0 saturated carbocycles. The van der Waals surface area contributed by atoms with Crippen molar-refractivity contribution < 1.29 is 4.39 Å². The number of rotatable bonds is 2. The molecule has 0 spiro atoms. The Kier molecular flexibility index (Phi) is 4.34. The van der Waals surface area contributed by atoms with Gasteiger partial charge in [0.2, 0.25) is 5.95 Å². The van der Waals surface area contributed by atoms with E-state index in [0.29, 0.717) is 23.7 Å². The molecule has 23 heavy (non-hydrogen) atoms. The van der Waals surface area contributed by atoms with Crippen LogP contribution in [0.4, 0.5) is 4.39 Å². The Morgan fingerprint density at radius 3 is 2.78 bits per heavy atom. The summed E-state index contributed by atoms with van der Waals surface area (Å²) in [6.45, 7) is 8.36. The molecule has 0 fully saturated rings. The number of halogens is 2. The van der Waals surface area contributed by atoms with E-state index < -0.39 is 5.95 Å². The predicted molar refractivity (Wildman–Crippen MR) is 87.8 cm³/mol. The van der Waals surface area contributed by atoms with Crippen molar-refractivity contribution in [2.24, 2.45) is 0 Å². The molecular formula is C17H20ClFN4. The van der Waals surface area contributed by atoms with Gasteiger partial charge in [0.05, 0.1) is 5.02 Å². The van der Waals surface area contributed by atoms with Gasteiger partial charge in [-0.3, -0.25) is 4.90 Å². The minimum atomic E-state index is -0.459. The summed E-state index contributed by atoms with van der Waals surface area (Å²) >= 11 is 5.91. The predicted octanol–water partition coefficient (Wildman–Crippen LogP) is 3.52. The fourth-order valence-corrected chi connectivity index (χ4v) is 2.87. The van der Waals surface area contributed by atoms with Gasteiger partial charge in [0.15, 0.2) is 0 Å². The number of fused-ring (bicyclic) bond motifs is 1. The van der Waals surface area contributed by atoms with E-state index in [1.165, 1.54) is 6.20 Å². The number of pyridine rings is 1. The highest BCUT2D eigenvalue weighted by molar-refractivity contribution is 6.30. The van der Waals surface area contributed by atoms with E-state index in [1.54, 1.807) is 6.07 Å². The van der Waals surface area contributed by atoms with Crippen molar-refractivity contribution in [2.75, 3.05) is 6.54 Å². The smallest absolute Gasteiger partial charge is 0.217 e. The van der Waals surface area contributed by atoms with E-state index >= 15 is 0 Å². The molecule has 122 valence electrons. The van der Waals surface area contributed by atoms with Gasteiger partial charge >= 0.3 is 0 Å². The SMILES string of the molecule is CC(C)(C)c1ncc2c(n1)CCN(Cc1cc(Cl)cnc1F)C2. The van der Waals surface area contributed by atoms with Gasteiger partial charge in [-0.2, -0.15) is 4.39 Å². The van der Waals surface area contributed by atoms with Crippen molar-refractivity contribution >= 4 is 11.6 Å². The second kappa shape index (κ2) is 6.13. The van der Waals surface area contributed by atoms with Crippen LogP contribution in [0.3, 0.4) is 0 Å². The Morgan fingerprint density at radius 1 is 1.26 bits per heavy atom. The molecule has 3 rings (SSSR count). The normalized spacial score (nSPS) is 15.5. The first-order valence-electron chi connectivity index (χ1n) is 7.70. The molecule has 3 heterocycles. The van der Waals surface area contributed by atoms with Gasteiger partial charge in [-0.05, 0) is 6.07 Å². The van der Waals surface area contributed by atoms with Gasteiger partial charge in [0.1, 0.15) is 5.82 Å². The zero-order valence-electron chi connectivity index (χ0n) is 13.6. The molecule has 1 aliphatic rings. The maximum Gasteiger partial charge on any atom is 0.217 e. The number of hydrogen-bond donors (Lipinski definition) is 0. The monoisotopic (exact) mass is 334 g/mol. The lowest BCUT2D eigenvalue weighted by atomic mass is 9.95. The van der Waals surface area contributed by atoms with Gasteiger partial charge in [0.25, 0.3) is 0 Å². The molecule has 2 aromatic heterocycles. The van der Waals surface area contributed by atoms with E-state index in [2.05, 4.69) is 35.6 Å². The Labute approximate surface area is 140 Å². The zero-order chi connectivity index (χ0) is 16.6. The zero-order valence-corrected chi connectivity index (χ0v) is 14.4. The molecule has 0 N–H and O–H groups in total.